The van der Waals surface area contributed by atoms with Crippen LogP contribution in [0.15, 0.2) is 93.0 Å². The molecule has 0 saturated heterocycles. The van der Waals surface area contributed by atoms with E-state index >= 15 is 0 Å². The Morgan fingerprint density at radius 2 is 1.72 bits per heavy atom. The minimum atomic E-state index is -0.753. The van der Waals surface area contributed by atoms with Crippen LogP contribution < -0.4 is 4.74 Å². The van der Waals surface area contributed by atoms with Crippen LogP contribution in [0.2, 0.25) is 0 Å². The minimum absolute atomic E-state index is 0.0244. The highest BCUT2D eigenvalue weighted by Gasteiger charge is 2.44. The second kappa shape index (κ2) is 10.4. The molecule has 1 aliphatic rings. The van der Waals surface area contributed by atoms with Gasteiger partial charge in [-0.3, -0.25) is 9.59 Å². The molecule has 1 atom stereocenters. The molecule has 0 aliphatic carbocycles. The van der Waals surface area contributed by atoms with Crippen molar-refractivity contribution in [3.63, 3.8) is 0 Å². The molecule has 3 aromatic carbocycles. The molecule has 0 spiro atoms. The van der Waals surface area contributed by atoms with Crippen LogP contribution in [0, 0.1) is 0 Å². The standard InChI is InChI=1S/C32H30BrNO5/c1-32(2,3)22-9-7-20(8-10-22)28-27(29(35)26-18-21-17-23(33)11-14-25(21)39-26)30(36)31(37)34(28)16-15-19-5-12-24(38-4)13-6-19/h5-14,17-18,28,36H,15-16H2,1-4H3. The summed E-state index contributed by atoms with van der Waals surface area (Å²) in [6.45, 7) is 6.69. The Labute approximate surface area is 236 Å². The summed E-state index contributed by atoms with van der Waals surface area (Å²) >= 11 is 3.44. The van der Waals surface area contributed by atoms with E-state index in [0.717, 1.165) is 32.3 Å². The van der Waals surface area contributed by atoms with E-state index in [4.69, 9.17) is 9.15 Å². The van der Waals surface area contributed by atoms with E-state index in [1.54, 1.807) is 24.1 Å². The Kier molecular flexibility index (Phi) is 7.12. The number of carbonyl (C=O) groups excluding carboxylic acids is 2. The third-order valence-corrected chi connectivity index (χ3v) is 7.64. The number of fused-ring (bicyclic) bond motifs is 1. The number of hydrogen-bond acceptors (Lipinski definition) is 5. The highest BCUT2D eigenvalue weighted by atomic mass is 79.9. The van der Waals surface area contributed by atoms with Crippen molar-refractivity contribution in [3.05, 3.63) is 111 Å². The number of rotatable bonds is 7. The number of furan rings is 1. The third kappa shape index (κ3) is 5.23. The molecule has 0 radical (unpaired) electrons. The van der Waals surface area contributed by atoms with E-state index in [2.05, 4.69) is 36.7 Å². The summed E-state index contributed by atoms with van der Waals surface area (Å²) in [5.41, 5.74) is 3.40. The molecule has 1 amide bonds. The molecule has 7 heteroatoms. The van der Waals surface area contributed by atoms with Gasteiger partial charge in [0.25, 0.3) is 5.91 Å². The molecule has 0 bridgehead atoms. The Hall–Kier alpha value is -3.84. The Morgan fingerprint density at radius 3 is 2.36 bits per heavy atom. The zero-order valence-electron chi connectivity index (χ0n) is 22.3. The highest BCUT2D eigenvalue weighted by molar-refractivity contribution is 9.10. The number of methoxy groups -OCH3 is 1. The summed E-state index contributed by atoms with van der Waals surface area (Å²) in [5.74, 6) is -0.800. The van der Waals surface area contributed by atoms with Crippen LogP contribution in [0.4, 0.5) is 0 Å². The number of benzene rings is 3. The summed E-state index contributed by atoms with van der Waals surface area (Å²) in [6.07, 6.45) is 0.541. The number of aliphatic hydroxyl groups excluding tert-OH is 1. The van der Waals surface area contributed by atoms with Gasteiger partial charge in [-0.1, -0.05) is 73.1 Å². The van der Waals surface area contributed by atoms with Gasteiger partial charge in [0.05, 0.1) is 18.7 Å². The maximum absolute atomic E-state index is 13.8. The lowest BCUT2D eigenvalue weighted by Crippen LogP contribution is -2.33. The van der Waals surface area contributed by atoms with Crippen molar-refractivity contribution in [2.45, 2.75) is 38.6 Å². The summed E-state index contributed by atoms with van der Waals surface area (Å²) in [5, 5.41) is 11.8. The quantitative estimate of drug-likeness (QED) is 0.229. The molecule has 1 N–H and O–H groups in total. The van der Waals surface area contributed by atoms with Crippen LogP contribution in [0.1, 0.15) is 54.1 Å². The van der Waals surface area contributed by atoms with Gasteiger partial charge in [-0.15, -0.1) is 0 Å². The van der Waals surface area contributed by atoms with Crippen molar-refractivity contribution in [1.29, 1.82) is 0 Å². The average Bonchev–Trinajstić information content (AvgIpc) is 3.45. The molecule has 5 rings (SSSR count). The zero-order valence-corrected chi connectivity index (χ0v) is 23.9. The zero-order chi connectivity index (χ0) is 27.9. The first-order chi connectivity index (χ1) is 18.6. The van der Waals surface area contributed by atoms with Gasteiger partial charge in [0.1, 0.15) is 11.3 Å². The maximum Gasteiger partial charge on any atom is 0.290 e. The molecule has 2 heterocycles. The lowest BCUT2D eigenvalue weighted by atomic mass is 9.85. The SMILES string of the molecule is COc1ccc(CCN2C(=O)C(O)=C(C(=O)c3cc4cc(Br)ccc4o3)C2c2ccc(C(C)(C)C)cc2)cc1. The Morgan fingerprint density at radius 1 is 1.03 bits per heavy atom. The average molecular weight is 588 g/mol. The summed E-state index contributed by atoms with van der Waals surface area (Å²) in [7, 11) is 1.61. The molecule has 1 aromatic heterocycles. The Balaban J connectivity index is 1.53. The van der Waals surface area contributed by atoms with Crippen LogP contribution in [-0.2, 0) is 16.6 Å². The van der Waals surface area contributed by atoms with Gasteiger partial charge in [-0.25, -0.2) is 0 Å². The molecular formula is C32H30BrNO5. The topological polar surface area (TPSA) is 80.0 Å². The number of carbonyl (C=O) groups is 2. The Bertz CT molecular complexity index is 1580. The third-order valence-electron chi connectivity index (χ3n) is 7.14. The van der Waals surface area contributed by atoms with Gasteiger partial charge in [0, 0.05) is 16.4 Å². The number of ketones is 1. The predicted octanol–water partition coefficient (Wildman–Crippen LogP) is 7.32. The number of aliphatic hydroxyl groups is 1. The van der Waals surface area contributed by atoms with Gasteiger partial charge in [-0.05, 0) is 64.9 Å². The van der Waals surface area contributed by atoms with E-state index < -0.39 is 23.5 Å². The van der Waals surface area contributed by atoms with Crippen molar-refractivity contribution < 1.29 is 23.8 Å². The molecule has 6 nitrogen and oxygen atoms in total. The summed E-state index contributed by atoms with van der Waals surface area (Å²) < 4.78 is 12.0. The van der Waals surface area contributed by atoms with Gasteiger partial charge in [0.15, 0.2) is 11.5 Å². The molecule has 4 aromatic rings. The predicted molar refractivity (Wildman–Crippen MR) is 154 cm³/mol. The van der Waals surface area contributed by atoms with Crippen molar-refractivity contribution in [3.8, 4) is 5.75 Å². The molecule has 39 heavy (non-hydrogen) atoms. The molecule has 0 fully saturated rings. The highest BCUT2D eigenvalue weighted by Crippen LogP contribution is 2.40. The van der Waals surface area contributed by atoms with Gasteiger partial charge < -0.3 is 19.2 Å². The number of nitrogens with zero attached hydrogens (tertiary/aromatic N) is 1. The largest absolute Gasteiger partial charge is 0.503 e. The smallest absolute Gasteiger partial charge is 0.290 e. The van der Waals surface area contributed by atoms with Gasteiger partial charge >= 0.3 is 0 Å². The lowest BCUT2D eigenvalue weighted by molar-refractivity contribution is -0.129. The minimum Gasteiger partial charge on any atom is -0.503 e. The van der Waals surface area contributed by atoms with Crippen LogP contribution in [0.5, 0.6) is 5.75 Å². The number of amides is 1. The van der Waals surface area contributed by atoms with Crippen molar-refractivity contribution in [2.24, 2.45) is 0 Å². The van der Waals surface area contributed by atoms with Gasteiger partial charge in [0.2, 0.25) is 5.78 Å². The second-order valence-electron chi connectivity index (χ2n) is 10.8. The fraction of sp³-hybridized carbons (Fsp3) is 0.250. The van der Waals surface area contributed by atoms with Crippen molar-refractivity contribution in [2.75, 3.05) is 13.7 Å². The van der Waals surface area contributed by atoms with Crippen LogP contribution in [-0.4, -0.2) is 35.4 Å². The summed E-state index contributed by atoms with van der Waals surface area (Å²) in [6, 6.07) is 21.9. The fourth-order valence-corrected chi connectivity index (χ4v) is 5.31. The molecule has 1 unspecified atom stereocenters. The number of hydrogen-bond donors (Lipinski definition) is 1. The fourth-order valence-electron chi connectivity index (χ4n) is 4.93. The van der Waals surface area contributed by atoms with Crippen LogP contribution >= 0.6 is 15.9 Å². The second-order valence-corrected chi connectivity index (χ2v) is 11.7. The van der Waals surface area contributed by atoms with E-state index in [9.17, 15) is 14.7 Å². The maximum atomic E-state index is 13.8. The number of Topliss-reactive ketones (excluding diaryl/α,β-unsaturated/α-hetero) is 1. The van der Waals surface area contributed by atoms with Crippen LogP contribution in [0.25, 0.3) is 11.0 Å². The summed E-state index contributed by atoms with van der Waals surface area (Å²) in [4.78, 5) is 28.8. The first-order valence-corrected chi connectivity index (χ1v) is 13.6. The number of halogens is 1. The van der Waals surface area contributed by atoms with E-state index in [-0.39, 0.29) is 16.7 Å². The first kappa shape index (κ1) is 26.8. The van der Waals surface area contributed by atoms with Crippen LogP contribution in [0.3, 0.4) is 0 Å². The van der Waals surface area contributed by atoms with E-state index in [0.29, 0.717) is 18.5 Å². The molecule has 200 valence electrons. The monoisotopic (exact) mass is 587 g/mol. The van der Waals surface area contributed by atoms with Crippen molar-refractivity contribution >= 4 is 38.6 Å². The molecular weight excluding hydrogens is 558 g/mol. The number of ether oxygens (including phenoxy) is 1. The van der Waals surface area contributed by atoms with Gasteiger partial charge in [-0.2, -0.15) is 0 Å². The molecule has 1 aliphatic heterocycles. The molecule has 0 saturated carbocycles. The van der Waals surface area contributed by atoms with E-state index in [1.807, 2.05) is 60.7 Å². The van der Waals surface area contributed by atoms with E-state index in [1.165, 1.54) is 0 Å². The first-order valence-electron chi connectivity index (χ1n) is 12.8. The normalized spacial score (nSPS) is 15.9. The lowest BCUT2D eigenvalue weighted by Gasteiger charge is -2.27. The van der Waals surface area contributed by atoms with Crippen molar-refractivity contribution in [1.82, 2.24) is 4.90 Å².